The minimum absolute atomic E-state index is 0.0233. The van der Waals surface area contributed by atoms with E-state index < -0.39 is 0 Å². The molecule has 0 saturated carbocycles. The molecule has 0 radical (unpaired) electrons. The number of amides is 1. The van der Waals surface area contributed by atoms with E-state index in [0.29, 0.717) is 43.3 Å². The average molecular weight is 464 g/mol. The van der Waals surface area contributed by atoms with Crippen molar-refractivity contribution in [1.82, 2.24) is 14.9 Å². The van der Waals surface area contributed by atoms with Crippen molar-refractivity contribution in [2.75, 3.05) is 20.3 Å². The molecule has 0 spiro atoms. The minimum Gasteiger partial charge on any atom is -0.497 e. The summed E-state index contributed by atoms with van der Waals surface area (Å²) in [5.74, 6) is 2.32. The molecule has 0 aliphatic heterocycles. The third-order valence-electron chi connectivity index (χ3n) is 5.34. The molecule has 0 bridgehead atoms. The van der Waals surface area contributed by atoms with Gasteiger partial charge >= 0.3 is 0 Å². The fourth-order valence-corrected chi connectivity index (χ4v) is 3.87. The molecule has 0 unspecified atom stereocenters. The van der Waals surface area contributed by atoms with Gasteiger partial charge in [-0.05, 0) is 42.0 Å². The highest BCUT2D eigenvalue weighted by Gasteiger charge is 2.12. The van der Waals surface area contributed by atoms with Gasteiger partial charge in [0.05, 0.1) is 36.1 Å². The molecule has 0 fully saturated rings. The van der Waals surface area contributed by atoms with Gasteiger partial charge in [0.1, 0.15) is 23.9 Å². The van der Waals surface area contributed by atoms with Crippen molar-refractivity contribution in [3.8, 4) is 11.5 Å². The lowest BCUT2D eigenvalue weighted by atomic mass is 10.1. The van der Waals surface area contributed by atoms with Crippen molar-refractivity contribution < 1.29 is 14.3 Å². The van der Waals surface area contributed by atoms with Crippen LogP contribution in [0.1, 0.15) is 11.4 Å². The molecule has 1 amide bonds. The zero-order valence-electron chi connectivity index (χ0n) is 18.5. The molecule has 4 aromatic rings. The number of rotatable bonds is 10. The Morgan fingerprint density at radius 2 is 1.79 bits per heavy atom. The number of para-hydroxylation sites is 3. The Hall–Kier alpha value is -3.51. The van der Waals surface area contributed by atoms with Gasteiger partial charge in [-0.2, -0.15) is 0 Å². The second kappa shape index (κ2) is 10.9. The van der Waals surface area contributed by atoms with E-state index >= 15 is 0 Å². The number of halogens is 1. The monoisotopic (exact) mass is 463 g/mol. The van der Waals surface area contributed by atoms with Crippen molar-refractivity contribution in [3.63, 3.8) is 0 Å². The molecule has 7 heteroatoms. The molecule has 170 valence electrons. The SMILES string of the molecule is COc1ccc(CC(=O)NCCc2nc3ccccc3n2CCOc2ccccc2Cl)cc1. The van der Waals surface area contributed by atoms with Crippen LogP contribution in [0.2, 0.25) is 5.02 Å². The molecule has 0 saturated heterocycles. The fourth-order valence-electron chi connectivity index (χ4n) is 3.68. The number of carbonyl (C=O) groups excluding carboxylic acids is 1. The maximum atomic E-state index is 12.4. The molecule has 33 heavy (non-hydrogen) atoms. The van der Waals surface area contributed by atoms with Gasteiger partial charge < -0.3 is 19.4 Å². The van der Waals surface area contributed by atoms with E-state index in [4.69, 9.17) is 26.1 Å². The van der Waals surface area contributed by atoms with Gasteiger partial charge in [0.2, 0.25) is 5.91 Å². The highest BCUT2D eigenvalue weighted by atomic mass is 35.5. The third kappa shape index (κ3) is 5.84. The quantitative estimate of drug-likeness (QED) is 0.371. The summed E-state index contributed by atoms with van der Waals surface area (Å²) in [6, 6.07) is 23.0. The fraction of sp³-hybridized carbons (Fsp3) is 0.231. The summed E-state index contributed by atoms with van der Waals surface area (Å²) in [5.41, 5.74) is 2.91. The number of ether oxygens (including phenoxy) is 2. The Bertz CT molecular complexity index is 1220. The Morgan fingerprint density at radius 3 is 2.58 bits per heavy atom. The summed E-state index contributed by atoms with van der Waals surface area (Å²) in [4.78, 5) is 17.1. The van der Waals surface area contributed by atoms with Crippen molar-refractivity contribution >= 4 is 28.5 Å². The molecule has 6 nitrogen and oxygen atoms in total. The summed E-state index contributed by atoms with van der Waals surface area (Å²) < 4.78 is 13.2. The van der Waals surface area contributed by atoms with Crippen LogP contribution in [0.4, 0.5) is 0 Å². The second-order valence-electron chi connectivity index (χ2n) is 7.57. The normalized spacial score (nSPS) is 10.8. The molecule has 0 atom stereocenters. The van der Waals surface area contributed by atoms with Crippen LogP contribution in [0.15, 0.2) is 72.8 Å². The number of benzene rings is 3. The topological polar surface area (TPSA) is 65.4 Å². The zero-order chi connectivity index (χ0) is 23.0. The molecule has 0 aliphatic carbocycles. The first-order chi connectivity index (χ1) is 16.1. The van der Waals surface area contributed by atoms with Gasteiger partial charge in [-0.15, -0.1) is 0 Å². The minimum atomic E-state index is -0.0233. The van der Waals surface area contributed by atoms with E-state index in [0.717, 1.165) is 28.2 Å². The van der Waals surface area contributed by atoms with E-state index in [2.05, 4.69) is 9.88 Å². The molecule has 3 aromatic carbocycles. The lowest BCUT2D eigenvalue weighted by molar-refractivity contribution is -0.120. The summed E-state index contributed by atoms with van der Waals surface area (Å²) >= 11 is 6.19. The number of imidazole rings is 1. The van der Waals surface area contributed by atoms with Gasteiger partial charge in [-0.3, -0.25) is 4.79 Å². The second-order valence-corrected chi connectivity index (χ2v) is 7.98. The number of fused-ring (bicyclic) bond motifs is 1. The van der Waals surface area contributed by atoms with Gasteiger partial charge in [0.15, 0.2) is 0 Å². The molecule has 0 aliphatic rings. The third-order valence-corrected chi connectivity index (χ3v) is 5.65. The van der Waals surface area contributed by atoms with Gasteiger partial charge in [0, 0.05) is 13.0 Å². The van der Waals surface area contributed by atoms with Crippen LogP contribution in [-0.2, 0) is 24.2 Å². The van der Waals surface area contributed by atoms with Crippen LogP contribution in [0, 0.1) is 0 Å². The van der Waals surface area contributed by atoms with Crippen molar-refractivity contribution in [2.24, 2.45) is 0 Å². The number of hydrogen-bond acceptors (Lipinski definition) is 4. The van der Waals surface area contributed by atoms with E-state index in [1.165, 1.54) is 0 Å². The van der Waals surface area contributed by atoms with Gasteiger partial charge in [-0.25, -0.2) is 4.98 Å². The summed E-state index contributed by atoms with van der Waals surface area (Å²) in [6.07, 6.45) is 0.946. The van der Waals surface area contributed by atoms with Crippen molar-refractivity contribution in [1.29, 1.82) is 0 Å². The first kappa shape index (κ1) is 22.7. The van der Waals surface area contributed by atoms with Crippen LogP contribution in [0.25, 0.3) is 11.0 Å². The zero-order valence-corrected chi connectivity index (χ0v) is 19.2. The van der Waals surface area contributed by atoms with Crippen LogP contribution in [-0.4, -0.2) is 35.7 Å². The highest BCUT2D eigenvalue weighted by Crippen LogP contribution is 2.23. The molecule has 1 N–H and O–H groups in total. The highest BCUT2D eigenvalue weighted by molar-refractivity contribution is 6.32. The number of carbonyl (C=O) groups is 1. The average Bonchev–Trinajstić information content (AvgIpc) is 3.18. The number of hydrogen-bond donors (Lipinski definition) is 1. The Kier molecular flexibility index (Phi) is 7.47. The van der Waals surface area contributed by atoms with E-state index in [1.54, 1.807) is 7.11 Å². The van der Waals surface area contributed by atoms with Crippen molar-refractivity contribution in [3.05, 3.63) is 89.2 Å². The number of nitrogens with zero attached hydrogens (tertiary/aromatic N) is 2. The smallest absolute Gasteiger partial charge is 0.224 e. The molecule has 1 aromatic heterocycles. The van der Waals surface area contributed by atoms with E-state index in [-0.39, 0.29) is 5.91 Å². The summed E-state index contributed by atoms with van der Waals surface area (Å²) in [6.45, 7) is 1.59. The molecular weight excluding hydrogens is 438 g/mol. The van der Waals surface area contributed by atoms with Crippen LogP contribution >= 0.6 is 11.6 Å². The molecular formula is C26H26ClN3O3. The predicted octanol–water partition coefficient (Wildman–Crippen LogP) is 4.68. The first-order valence-corrected chi connectivity index (χ1v) is 11.2. The number of nitrogens with one attached hydrogen (secondary N) is 1. The van der Waals surface area contributed by atoms with Crippen LogP contribution < -0.4 is 14.8 Å². The van der Waals surface area contributed by atoms with Crippen LogP contribution in [0.5, 0.6) is 11.5 Å². The Labute approximate surface area is 198 Å². The number of methoxy groups -OCH3 is 1. The van der Waals surface area contributed by atoms with Gasteiger partial charge in [0.25, 0.3) is 0 Å². The summed E-state index contributed by atoms with van der Waals surface area (Å²) in [7, 11) is 1.62. The van der Waals surface area contributed by atoms with Crippen molar-refractivity contribution in [2.45, 2.75) is 19.4 Å². The Morgan fingerprint density at radius 1 is 1.03 bits per heavy atom. The van der Waals surface area contributed by atoms with Crippen LogP contribution in [0.3, 0.4) is 0 Å². The maximum Gasteiger partial charge on any atom is 0.224 e. The first-order valence-electron chi connectivity index (χ1n) is 10.8. The van der Waals surface area contributed by atoms with E-state index in [1.807, 2.05) is 72.8 Å². The van der Waals surface area contributed by atoms with E-state index in [9.17, 15) is 4.79 Å². The predicted molar refractivity (Wildman–Crippen MR) is 130 cm³/mol. The maximum absolute atomic E-state index is 12.4. The molecule has 4 rings (SSSR count). The summed E-state index contributed by atoms with van der Waals surface area (Å²) in [5, 5.41) is 3.59. The number of aromatic nitrogens is 2. The molecule has 1 heterocycles. The lowest BCUT2D eigenvalue weighted by Gasteiger charge is -2.12. The van der Waals surface area contributed by atoms with Gasteiger partial charge in [-0.1, -0.05) is 48.0 Å². The lowest BCUT2D eigenvalue weighted by Crippen LogP contribution is -2.28. The standard InChI is InChI=1S/C26H26ClN3O3/c1-32-20-12-10-19(11-13-20)18-26(31)28-15-14-25-29-22-7-3-4-8-23(22)30(25)16-17-33-24-9-5-2-6-21(24)27/h2-13H,14-18H2,1H3,(H,28,31). The largest absolute Gasteiger partial charge is 0.497 e. The Balaban J connectivity index is 1.36.